The molecular formula is C15H17N3O. The second-order valence-electron chi connectivity index (χ2n) is 5.49. The summed E-state index contributed by atoms with van der Waals surface area (Å²) in [6, 6.07) is 7.91. The predicted octanol–water partition coefficient (Wildman–Crippen LogP) is 2.10. The Balaban J connectivity index is 1.58. The molecule has 4 nitrogen and oxygen atoms in total. The highest BCUT2D eigenvalue weighted by Crippen LogP contribution is 2.30. The Hall–Kier alpha value is -1.68. The quantitative estimate of drug-likeness (QED) is 0.823. The summed E-state index contributed by atoms with van der Waals surface area (Å²) in [6.45, 7) is 3.50. The van der Waals surface area contributed by atoms with Gasteiger partial charge in [0.1, 0.15) is 6.10 Å². The van der Waals surface area contributed by atoms with Crippen molar-refractivity contribution in [2.75, 3.05) is 19.6 Å². The van der Waals surface area contributed by atoms with Gasteiger partial charge in [-0.25, -0.2) is 9.97 Å². The van der Waals surface area contributed by atoms with Crippen molar-refractivity contribution in [2.45, 2.75) is 18.9 Å². The number of piperidine rings is 3. The highest BCUT2D eigenvalue weighted by molar-refractivity contribution is 5.73. The van der Waals surface area contributed by atoms with Crippen LogP contribution in [0.5, 0.6) is 5.88 Å². The molecule has 2 aromatic rings. The summed E-state index contributed by atoms with van der Waals surface area (Å²) in [5.74, 6) is 1.36. The average molecular weight is 255 g/mol. The van der Waals surface area contributed by atoms with Gasteiger partial charge < -0.3 is 4.74 Å². The number of ether oxygens (including phenoxy) is 1. The van der Waals surface area contributed by atoms with Gasteiger partial charge in [-0.1, -0.05) is 12.1 Å². The fourth-order valence-electron chi connectivity index (χ4n) is 3.20. The Morgan fingerprint density at radius 3 is 2.63 bits per heavy atom. The predicted molar refractivity (Wildman–Crippen MR) is 73.1 cm³/mol. The summed E-state index contributed by atoms with van der Waals surface area (Å²) in [6.07, 6.45) is 4.55. The first kappa shape index (κ1) is 11.2. The van der Waals surface area contributed by atoms with E-state index in [1.807, 2.05) is 24.3 Å². The Morgan fingerprint density at radius 2 is 1.89 bits per heavy atom. The second kappa shape index (κ2) is 4.46. The standard InChI is InChI=1S/C15H17N3O/c1-2-4-13-12(3-1)16-9-15(17-13)19-14-10-18-7-5-11(14)6-8-18/h1-4,9,11,14H,5-8,10H2. The molecule has 19 heavy (non-hydrogen) atoms. The fourth-order valence-corrected chi connectivity index (χ4v) is 3.20. The van der Waals surface area contributed by atoms with Gasteiger partial charge in [0.05, 0.1) is 17.2 Å². The summed E-state index contributed by atoms with van der Waals surface area (Å²) in [4.78, 5) is 11.4. The third kappa shape index (κ3) is 2.06. The molecule has 0 aliphatic carbocycles. The Bertz CT molecular complexity index is 593. The van der Waals surface area contributed by atoms with Gasteiger partial charge in [-0.05, 0) is 44.0 Å². The first-order chi connectivity index (χ1) is 9.38. The van der Waals surface area contributed by atoms with Crippen molar-refractivity contribution in [3.63, 3.8) is 0 Å². The molecule has 2 bridgehead atoms. The zero-order valence-electron chi connectivity index (χ0n) is 10.8. The van der Waals surface area contributed by atoms with Crippen molar-refractivity contribution in [3.05, 3.63) is 30.5 Å². The van der Waals surface area contributed by atoms with E-state index in [-0.39, 0.29) is 6.10 Å². The van der Waals surface area contributed by atoms with Crippen LogP contribution in [0.15, 0.2) is 30.5 Å². The Labute approximate surface area is 112 Å². The lowest BCUT2D eigenvalue weighted by Gasteiger charge is -2.44. The van der Waals surface area contributed by atoms with Gasteiger partial charge in [-0.15, -0.1) is 0 Å². The summed E-state index contributed by atoms with van der Waals surface area (Å²) in [5.41, 5.74) is 1.82. The van der Waals surface area contributed by atoms with Crippen LogP contribution >= 0.6 is 0 Å². The molecule has 0 radical (unpaired) electrons. The minimum Gasteiger partial charge on any atom is -0.472 e. The van der Waals surface area contributed by atoms with E-state index in [1.54, 1.807) is 6.20 Å². The van der Waals surface area contributed by atoms with Gasteiger partial charge in [0, 0.05) is 6.54 Å². The van der Waals surface area contributed by atoms with Gasteiger partial charge >= 0.3 is 0 Å². The number of para-hydroxylation sites is 2. The molecule has 0 N–H and O–H groups in total. The van der Waals surface area contributed by atoms with Crippen molar-refractivity contribution >= 4 is 11.0 Å². The molecule has 4 heteroatoms. The lowest BCUT2D eigenvalue weighted by atomic mass is 9.86. The molecule has 0 spiro atoms. The van der Waals surface area contributed by atoms with Gasteiger partial charge in [-0.3, -0.25) is 4.90 Å². The topological polar surface area (TPSA) is 38.2 Å². The molecule has 98 valence electrons. The maximum atomic E-state index is 6.08. The van der Waals surface area contributed by atoms with Gasteiger partial charge in [0.2, 0.25) is 5.88 Å². The number of fused-ring (bicyclic) bond motifs is 4. The SMILES string of the molecule is c1ccc2nc(OC3CN4CCC3CC4)cnc2c1. The summed E-state index contributed by atoms with van der Waals surface area (Å²) in [7, 11) is 0. The van der Waals surface area contributed by atoms with Crippen molar-refractivity contribution in [1.82, 2.24) is 14.9 Å². The Kier molecular flexibility index (Phi) is 2.62. The highest BCUT2D eigenvalue weighted by atomic mass is 16.5. The number of hydrogen-bond donors (Lipinski definition) is 0. The molecule has 4 heterocycles. The van der Waals surface area contributed by atoms with Crippen molar-refractivity contribution in [3.8, 4) is 5.88 Å². The van der Waals surface area contributed by atoms with Crippen molar-refractivity contribution in [1.29, 1.82) is 0 Å². The lowest BCUT2D eigenvalue weighted by Crippen LogP contribution is -2.52. The third-order valence-electron chi connectivity index (χ3n) is 4.29. The molecule has 0 amide bonds. The molecule has 3 fully saturated rings. The normalized spacial score (nSPS) is 29.6. The first-order valence-electron chi connectivity index (χ1n) is 6.99. The molecule has 1 atom stereocenters. The molecule has 3 saturated heterocycles. The molecule has 1 aromatic carbocycles. The second-order valence-corrected chi connectivity index (χ2v) is 5.49. The van der Waals surface area contributed by atoms with E-state index in [0.29, 0.717) is 11.8 Å². The molecule has 5 rings (SSSR count). The summed E-state index contributed by atoms with van der Waals surface area (Å²) < 4.78 is 6.08. The lowest BCUT2D eigenvalue weighted by molar-refractivity contribution is -0.00994. The van der Waals surface area contributed by atoms with E-state index in [2.05, 4.69) is 14.9 Å². The minimum absolute atomic E-state index is 0.290. The smallest absolute Gasteiger partial charge is 0.233 e. The number of nitrogens with zero attached hydrogens (tertiary/aromatic N) is 3. The van der Waals surface area contributed by atoms with Crippen molar-refractivity contribution in [2.24, 2.45) is 5.92 Å². The van der Waals surface area contributed by atoms with Crippen LogP contribution in [0.3, 0.4) is 0 Å². The average Bonchev–Trinajstić information content (AvgIpc) is 2.48. The highest BCUT2D eigenvalue weighted by Gasteiger charge is 2.35. The monoisotopic (exact) mass is 255 g/mol. The molecule has 3 aliphatic rings. The molecule has 1 aromatic heterocycles. The van der Waals surface area contributed by atoms with E-state index < -0.39 is 0 Å². The first-order valence-corrected chi connectivity index (χ1v) is 6.99. The van der Waals surface area contributed by atoms with Gasteiger partial charge in [0.15, 0.2) is 0 Å². The fraction of sp³-hybridized carbons (Fsp3) is 0.467. The van der Waals surface area contributed by atoms with Crippen LogP contribution in [0, 0.1) is 5.92 Å². The third-order valence-corrected chi connectivity index (χ3v) is 4.29. The van der Waals surface area contributed by atoms with Crippen LogP contribution in [0.4, 0.5) is 0 Å². The summed E-state index contributed by atoms with van der Waals surface area (Å²) in [5, 5.41) is 0. The zero-order chi connectivity index (χ0) is 12.7. The molecule has 1 unspecified atom stereocenters. The molecular weight excluding hydrogens is 238 g/mol. The van der Waals surface area contributed by atoms with Crippen LogP contribution in [0.25, 0.3) is 11.0 Å². The zero-order valence-corrected chi connectivity index (χ0v) is 10.8. The number of rotatable bonds is 2. The maximum absolute atomic E-state index is 6.08. The minimum atomic E-state index is 0.290. The Morgan fingerprint density at radius 1 is 1.11 bits per heavy atom. The number of aromatic nitrogens is 2. The van der Waals surface area contributed by atoms with Crippen molar-refractivity contribution < 1.29 is 4.74 Å². The number of benzene rings is 1. The molecule has 0 saturated carbocycles. The van der Waals surface area contributed by atoms with E-state index in [9.17, 15) is 0 Å². The van der Waals surface area contributed by atoms with Crippen LogP contribution in [0.2, 0.25) is 0 Å². The van der Waals surface area contributed by atoms with Crippen LogP contribution in [-0.2, 0) is 0 Å². The van der Waals surface area contributed by atoms with Crippen LogP contribution < -0.4 is 4.74 Å². The summed E-state index contributed by atoms with van der Waals surface area (Å²) >= 11 is 0. The molecule has 3 aliphatic heterocycles. The van der Waals surface area contributed by atoms with E-state index in [1.165, 1.54) is 25.9 Å². The van der Waals surface area contributed by atoms with Crippen LogP contribution in [0.1, 0.15) is 12.8 Å². The van der Waals surface area contributed by atoms with Gasteiger partial charge in [0.25, 0.3) is 0 Å². The maximum Gasteiger partial charge on any atom is 0.233 e. The largest absolute Gasteiger partial charge is 0.472 e. The van der Waals surface area contributed by atoms with Crippen LogP contribution in [-0.4, -0.2) is 40.6 Å². The van der Waals surface area contributed by atoms with E-state index in [0.717, 1.165) is 17.6 Å². The van der Waals surface area contributed by atoms with Gasteiger partial charge in [-0.2, -0.15) is 0 Å². The van der Waals surface area contributed by atoms with E-state index >= 15 is 0 Å². The van der Waals surface area contributed by atoms with E-state index in [4.69, 9.17) is 4.74 Å². The number of hydrogen-bond acceptors (Lipinski definition) is 4.